The highest BCUT2D eigenvalue weighted by atomic mass is 16.5. The van der Waals surface area contributed by atoms with Crippen molar-refractivity contribution >= 4 is 11.7 Å². The van der Waals surface area contributed by atoms with Crippen LogP contribution in [-0.4, -0.2) is 54.1 Å². The first-order valence-electron chi connectivity index (χ1n) is 7.63. The molecule has 0 atom stereocenters. The van der Waals surface area contributed by atoms with Gasteiger partial charge in [-0.25, -0.2) is 9.97 Å². The molecule has 0 bridgehead atoms. The van der Waals surface area contributed by atoms with Gasteiger partial charge in [-0.3, -0.25) is 4.79 Å². The minimum Gasteiger partial charge on any atom is -0.480 e. The second-order valence-electron chi connectivity index (χ2n) is 5.33. The average molecular weight is 323 g/mol. The first-order valence-corrected chi connectivity index (χ1v) is 7.63. The number of hydrogen-bond donors (Lipinski definition) is 0. The van der Waals surface area contributed by atoms with Gasteiger partial charge in [0.2, 0.25) is 5.88 Å². The average Bonchev–Trinajstić information content (AvgIpc) is 2.67. The Morgan fingerprint density at radius 1 is 1.17 bits per heavy atom. The third kappa shape index (κ3) is 2.99. The van der Waals surface area contributed by atoms with Gasteiger partial charge in [-0.05, 0) is 24.3 Å². The van der Waals surface area contributed by atoms with E-state index in [1.54, 1.807) is 41.6 Å². The predicted octanol–water partition coefficient (Wildman–Crippen LogP) is 1.32. The Kier molecular flexibility index (Phi) is 4.57. The van der Waals surface area contributed by atoms with Gasteiger partial charge in [0.1, 0.15) is 17.5 Å². The molecule has 1 saturated heterocycles. The van der Waals surface area contributed by atoms with Crippen LogP contribution in [0.1, 0.15) is 15.9 Å². The van der Waals surface area contributed by atoms with E-state index in [0.29, 0.717) is 49.0 Å². The van der Waals surface area contributed by atoms with Crippen molar-refractivity contribution in [1.29, 1.82) is 5.26 Å². The lowest BCUT2D eigenvalue weighted by Crippen LogP contribution is -2.49. The van der Waals surface area contributed by atoms with Crippen molar-refractivity contribution in [2.75, 3.05) is 38.2 Å². The SMILES string of the molecule is COc1ncccc1C(=O)N1CCN(c2ncccc2C#N)CC1. The van der Waals surface area contributed by atoms with Gasteiger partial charge in [0.15, 0.2) is 0 Å². The highest BCUT2D eigenvalue weighted by molar-refractivity contribution is 5.96. The van der Waals surface area contributed by atoms with Crippen molar-refractivity contribution in [3.63, 3.8) is 0 Å². The van der Waals surface area contributed by atoms with E-state index >= 15 is 0 Å². The lowest BCUT2D eigenvalue weighted by molar-refractivity contribution is 0.0742. The van der Waals surface area contributed by atoms with Gasteiger partial charge in [-0.2, -0.15) is 5.26 Å². The number of nitriles is 1. The van der Waals surface area contributed by atoms with Crippen LogP contribution in [0.2, 0.25) is 0 Å². The van der Waals surface area contributed by atoms with Gasteiger partial charge >= 0.3 is 0 Å². The molecule has 0 saturated carbocycles. The molecule has 7 nitrogen and oxygen atoms in total. The van der Waals surface area contributed by atoms with Crippen molar-refractivity contribution in [2.24, 2.45) is 0 Å². The number of carbonyl (C=O) groups is 1. The van der Waals surface area contributed by atoms with E-state index in [2.05, 4.69) is 16.0 Å². The molecule has 24 heavy (non-hydrogen) atoms. The number of methoxy groups -OCH3 is 1. The molecule has 0 spiro atoms. The zero-order valence-corrected chi connectivity index (χ0v) is 13.3. The molecule has 1 aliphatic rings. The van der Waals surface area contributed by atoms with Crippen molar-refractivity contribution in [2.45, 2.75) is 0 Å². The number of aromatic nitrogens is 2. The standard InChI is InChI=1S/C17H17N5O2/c1-24-16-14(5-3-7-20-16)17(23)22-10-8-21(9-11-22)15-13(12-18)4-2-6-19-15/h2-7H,8-11H2,1H3. The predicted molar refractivity (Wildman–Crippen MR) is 87.9 cm³/mol. The summed E-state index contributed by atoms with van der Waals surface area (Å²) in [7, 11) is 1.50. The number of nitrogens with zero attached hydrogens (tertiary/aromatic N) is 5. The molecular formula is C17H17N5O2. The molecule has 1 aliphatic heterocycles. The second kappa shape index (κ2) is 6.96. The van der Waals surface area contributed by atoms with Crippen LogP contribution in [0.15, 0.2) is 36.7 Å². The number of anilines is 1. The van der Waals surface area contributed by atoms with Crippen molar-refractivity contribution in [3.8, 4) is 11.9 Å². The highest BCUT2D eigenvalue weighted by Crippen LogP contribution is 2.21. The fourth-order valence-corrected chi connectivity index (χ4v) is 2.74. The van der Waals surface area contributed by atoms with Gasteiger partial charge < -0.3 is 14.5 Å². The maximum atomic E-state index is 12.7. The molecule has 3 rings (SSSR count). The Morgan fingerprint density at radius 3 is 2.58 bits per heavy atom. The normalized spacial score (nSPS) is 14.2. The largest absolute Gasteiger partial charge is 0.480 e. The van der Waals surface area contributed by atoms with E-state index < -0.39 is 0 Å². The van der Waals surface area contributed by atoms with Crippen LogP contribution in [0.3, 0.4) is 0 Å². The second-order valence-corrected chi connectivity index (χ2v) is 5.33. The van der Waals surface area contributed by atoms with Crippen LogP contribution in [0, 0.1) is 11.3 Å². The van der Waals surface area contributed by atoms with Gasteiger partial charge in [0, 0.05) is 38.6 Å². The van der Waals surface area contributed by atoms with E-state index in [-0.39, 0.29) is 5.91 Å². The van der Waals surface area contributed by atoms with Crippen molar-refractivity contribution in [3.05, 3.63) is 47.8 Å². The number of amides is 1. The molecule has 0 unspecified atom stereocenters. The van der Waals surface area contributed by atoms with Gasteiger partial charge in [0.05, 0.1) is 12.7 Å². The Balaban J connectivity index is 1.71. The first-order chi connectivity index (χ1) is 11.7. The molecule has 0 N–H and O–H groups in total. The zero-order valence-electron chi connectivity index (χ0n) is 13.3. The van der Waals surface area contributed by atoms with E-state index in [1.807, 2.05) is 4.90 Å². The molecule has 3 heterocycles. The van der Waals surface area contributed by atoms with E-state index in [4.69, 9.17) is 4.74 Å². The lowest BCUT2D eigenvalue weighted by atomic mass is 10.2. The summed E-state index contributed by atoms with van der Waals surface area (Å²) < 4.78 is 5.16. The summed E-state index contributed by atoms with van der Waals surface area (Å²) in [6.45, 7) is 2.36. The third-order valence-corrected chi connectivity index (χ3v) is 3.97. The number of hydrogen-bond acceptors (Lipinski definition) is 6. The van der Waals surface area contributed by atoms with Gasteiger partial charge in [-0.15, -0.1) is 0 Å². The minimum absolute atomic E-state index is 0.0962. The summed E-state index contributed by atoms with van der Waals surface area (Å²) in [4.78, 5) is 24.8. The first kappa shape index (κ1) is 15.7. The summed E-state index contributed by atoms with van der Waals surface area (Å²) in [5, 5.41) is 9.19. The summed E-state index contributed by atoms with van der Waals surface area (Å²) in [5.41, 5.74) is 1.01. The molecule has 122 valence electrons. The summed E-state index contributed by atoms with van der Waals surface area (Å²) in [6.07, 6.45) is 3.27. The van der Waals surface area contributed by atoms with Gasteiger partial charge in [0.25, 0.3) is 5.91 Å². The monoisotopic (exact) mass is 323 g/mol. The molecular weight excluding hydrogens is 306 g/mol. The van der Waals surface area contributed by atoms with Crippen LogP contribution in [0.4, 0.5) is 5.82 Å². The minimum atomic E-state index is -0.0962. The van der Waals surface area contributed by atoms with E-state index in [9.17, 15) is 10.1 Å². The van der Waals surface area contributed by atoms with Crippen LogP contribution in [0.25, 0.3) is 0 Å². The highest BCUT2D eigenvalue weighted by Gasteiger charge is 2.26. The quantitative estimate of drug-likeness (QED) is 0.847. The summed E-state index contributed by atoms with van der Waals surface area (Å²) in [6, 6.07) is 9.09. The Hall–Kier alpha value is -3.14. The van der Waals surface area contributed by atoms with Crippen LogP contribution in [-0.2, 0) is 0 Å². The zero-order chi connectivity index (χ0) is 16.9. The molecule has 1 fully saturated rings. The van der Waals surface area contributed by atoms with Gasteiger partial charge in [-0.1, -0.05) is 0 Å². The topological polar surface area (TPSA) is 82.3 Å². The Bertz CT molecular complexity index is 779. The van der Waals surface area contributed by atoms with E-state index in [0.717, 1.165) is 0 Å². The maximum Gasteiger partial charge on any atom is 0.259 e. The summed E-state index contributed by atoms with van der Waals surface area (Å²) >= 11 is 0. The summed E-state index contributed by atoms with van der Waals surface area (Å²) in [5.74, 6) is 0.911. The number of pyridine rings is 2. The van der Waals surface area contributed by atoms with Crippen LogP contribution < -0.4 is 9.64 Å². The molecule has 0 radical (unpaired) electrons. The third-order valence-electron chi connectivity index (χ3n) is 3.97. The lowest BCUT2D eigenvalue weighted by Gasteiger charge is -2.35. The fourth-order valence-electron chi connectivity index (χ4n) is 2.74. The molecule has 0 aliphatic carbocycles. The Morgan fingerprint density at radius 2 is 1.88 bits per heavy atom. The van der Waals surface area contributed by atoms with E-state index in [1.165, 1.54) is 7.11 Å². The number of carbonyl (C=O) groups excluding carboxylic acids is 1. The van der Waals surface area contributed by atoms with Crippen LogP contribution >= 0.6 is 0 Å². The molecule has 2 aromatic rings. The maximum absolute atomic E-state index is 12.7. The Labute approximate surface area is 140 Å². The number of ether oxygens (including phenoxy) is 1. The molecule has 7 heteroatoms. The van der Waals surface area contributed by atoms with Crippen molar-refractivity contribution in [1.82, 2.24) is 14.9 Å². The number of piperazine rings is 1. The van der Waals surface area contributed by atoms with Crippen molar-refractivity contribution < 1.29 is 9.53 Å². The molecule has 2 aromatic heterocycles. The van der Waals surface area contributed by atoms with Crippen LogP contribution in [0.5, 0.6) is 5.88 Å². The smallest absolute Gasteiger partial charge is 0.259 e. The molecule has 1 amide bonds. The molecule has 0 aromatic carbocycles. The fraction of sp³-hybridized carbons (Fsp3) is 0.294. The number of rotatable bonds is 3.